The Morgan fingerprint density at radius 1 is 1.21 bits per heavy atom. The van der Waals surface area contributed by atoms with Crippen LogP contribution in [-0.2, 0) is 26.3 Å². The van der Waals surface area contributed by atoms with Gasteiger partial charge in [-0.25, -0.2) is 4.39 Å². The van der Waals surface area contributed by atoms with E-state index in [0.29, 0.717) is 39.4 Å². The van der Waals surface area contributed by atoms with E-state index in [4.69, 9.17) is 4.74 Å². The molecule has 1 aromatic rings. The third-order valence-corrected chi connectivity index (χ3v) is 5.80. The van der Waals surface area contributed by atoms with Crippen molar-refractivity contribution in [1.29, 1.82) is 0 Å². The first kappa shape index (κ1) is 17.3. The molecule has 2 aliphatic rings. The van der Waals surface area contributed by atoms with Crippen LogP contribution in [0.4, 0.5) is 4.39 Å². The maximum Gasteiger partial charge on any atom is 0.279 e. The number of nitrogens with one attached hydrogen (secondary N) is 1. The summed E-state index contributed by atoms with van der Waals surface area (Å²) < 4.78 is 46.7. The molecule has 0 aromatic heterocycles. The van der Waals surface area contributed by atoms with Crippen LogP contribution in [0.5, 0.6) is 0 Å². The van der Waals surface area contributed by atoms with Gasteiger partial charge in [0.05, 0.1) is 13.2 Å². The van der Waals surface area contributed by atoms with E-state index in [1.54, 1.807) is 17.0 Å². The zero-order valence-electron chi connectivity index (χ0n) is 13.2. The molecule has 1 N–H and O–H groups in total. The van der Waals surface area contributed by atoms with Crippen LogP contribution in [0.2, 0.25) is 0 Å². The van der Waals surface area contributed by atoms with Crippen molar-refractivity contribution in [2.24, 2.45) is 0 Å². The van der Waals surface area contributed by atoms with Gasteiger partial charge in [-0.1, -0.05) is 12.1 Å². The number of likely N-dealkylation sites (tertiary alicyclic amines) is 1. The molecule has 3 rings (SSSR count). The predicted octanol–water partition coefficient (Wildman–Crippen LogP) is 0.0932. The SMILES string of the molecule is O=C1C[C@H](NS(=O)(=O)N2CCOCC2)CN1Cc1ccc(F)cc1. The summed E-state index contributed by atoms with van der Waals surface area (Å²) >= 11 is 0. The maximum absolute atomic E-state index is 12.9. The number of ether oxygens (including phenoxy) is 1. The summed E-state index contributed by atoms with van der Waals surface area (Å²) in [6.07, 6.45) is 0.130. The molecule has 132 valence electrons. The summed E-state index contributed by atoms with van der Waals surface area (Å²) in [5, 5.41) is 0. The van der Waals surface area contributed by atoms with Gasteiger partial charge in [-0.2, -0.15) is 17.4 Å². The number of amides is 1. The molecule has 2 saturated heterocycles. The summed E-state index contributed by atoms with van der Waals surface area (Å²) in [6.45, 7) is 2.03. The average molecular weight is 357 g/mol. The predicted molar refractivity (Wildman–Crippen MR) is 84.7 cm³/mol. The fourth-order valence-corrected chi connectivity index (χ4v) is 4.24. The molecule has 2 aliphatic heterocycles. The second-order valence-electron chi connectivity index (χ2n) is 5.94. The van der Waals surface area contributed by atoms with Crippen LogP contribution in [0.3, 0.4) is 0 Å². The van der Waals surface area contributed by atoms with Crippen LogP contribution in [0, 0.1) is 5.82 Å². The number of nitrogens with zero attached hydrogens (tertiary/aromatic N) is 2. The zero-order valence-corrected chi connectivity index (χ0v) is 14.0. The lowest BCUT2D eigenvalue weighted by Gasteiger charge is -2.27. The summed E-state index contributed by atoms with van der Waals surface area (Å²) in [6, 6.07) is 5.47. The highest BCUT2D eigenvalue weighted by Gasteiger charge is 2.34. The van der Waals surface area contributed by atoms with Crippen molar-refractivity contribution in [3.63, 3.8) is 0 Å². The van der Waals surface area contributed by atoms with Gasteiger partial charge < -0.3 is 9.64 Å². The molecule has 0 bridgehead atoms. The second-order valence-corrected chi connectivity index (χ2v) is 7.64. The Bertz CT molecular complexity index is 689. The molecule has 2 heterocycles. The molecule has 24 heavy (non-hydrogen) atoms. The van der Waals surface area contributed by atoms with Gasteiger partial charge in [0.1, 0.15) is 5.82 Å². The van der Waals surface area contributed by atoms with E-state index in [-0.39, 0.29) is 18.1 Å². The van der Waals surface area contributed by atoms with Crippen molar-refractivity contribution < 1.29 is 22.3 Å². The van der Waals surface area contributed by atoms with Crippen molar-refractivity contribution in [1.82, 2.24) is 13.9 Å². The maximum atomic E-state index is 12.9. The monoisotopic (exact) mass is 357 g/mol. The average Bonchev–Trinajstić information content (AvgIpc) is 2.89. The number of carbonyl (C=O) groups is 1. The highest BCUT2D eigenvalue weighted by atomic mass is 32.2. The Hall–Kier alpha value is -1.55. The number of rotatable bonds is 5. The molecule has 2 fully saturated rings. The van der Waals surface area contributed by atoms with Crippen molar-refractivity contribution in [2.45, 2.75) is 19.0 Å². The minimum Gasteiger partial charge on any atom is -0.379 e. The fourth-order valence-electron chi connectivity index (χ4n) is 2.89. The van der Waals surface area contributed by atoms with Crippen molar-refractivity contribution in [2.75, 3.05) is 32.8 Å². The third-order valence-electron chi connectivity index (χ3n) is 4.13. The van der Waals surface area contributed by atoms with Crippen LogP contribution >= 0.6 is 0 Å². The number of hydrogen-bond donors (Lipinski definition) is 1. The van der Waals surface area contributed by atoms with Crippen LogP contribution in [-0.4, -0.2) is 62.4 Å². The lowest BCUT2D eigenvalue weighted by Crippen LogP contribution is -2.50. The number of benzene rings is 1. The summed E-state index contributed by atoms with van der Waals surface area (Å²) in [5.41, 5.74) is 0.807. The number of morpholine rings is 1. The van der Waals surface area contributed by atoms with Crippen molar-refractivity contribution >= 4 is 16.1 Å². The Morgan fingerprint density at radius 2 is 1.88 bits per heavy atom. The first-order valence-corrected chi connectivity index (χ1v) is 9.25. The van der Waals surface area contributed by atoms with Gasteiger partial charge in [-0.15, -0.1) is 0 Å². The Kier molecular flexibility index (Phi) is 5.14. The van der Waals surface area contributed by atoms with Crippen LogP contribution in [0.25, 0.3) is 0 Å². The van der Waals surface area contributed by atoms with Gasteiger partial charge in [0.2, 0.25) is 5.91 Å². The number of carbonyl (C=O) groups excluding carboxylic acids is 1. The van der Waals surface area contributed by atoms with E-state index in [1.165, 1.54) is 16.4 Å². The van der Waals surface area contributed by atoms with E-state index >= 15 is 0 Å². The van der Waals surface area contributed by atoms with Crippen LogP contribution in [0.1, 0.15) is 12.0 Å². The second kappa shape index (κ2) is 7.14. The molecule has 0 spiro atoms. The van der Waals surface area contributed by atoms with E-state index in [0.717, 1.165) is 5.56 Å². The van der Waals surface area contributed by atoms with Gasteiger partial charge in [0, 0.05) is 38.6 Å². The number of halogens is 1. The highest BCUT2D eigenvalue weighted by molar-refractivity contribution is 7.87. The van der Waals surface area contributed by atoms with Gasteiger partial charge in [-0.3, -0.25) is 4.79 Å². The highest BCUT2D eigenvalue weighted by Crippen LogP contribution is 2.17. The van der Waals surface area contributed by atoms with Gasteiger partial charge in [0.25, 0.3) is 10.2 Å². The summed E-state index contributed by atoms with van der Waals surface area (Å²) in [4.78, 5) is 13.7. The van der Waals surface area contributed by atoms with Crippen LogP contribution in [0.15, 0.2) is 24.3 Å². The normalized spacial score (nSPS) is 23.0. The molecule has 9 heteroatoms. The number of hydrogen-bond acceptors (Lipinski definition) is 4. The molecule has 1 atom stereocenters. The first-order valence-electron chi connectivity index (χ1n) is 7.81. The molecule has 0 radical (unpaired) electrons. The quantitative estimate of drug-likeness (QED) is 0.810. The smallest absolute Gasteiger partial charge is 0.279 e. The van der Waals surface area contributed by atoms with Gasteiger partial charge in [-0.05, 0) is 17.7 Å². The minimum atomic E-state index is -3.62. The van der Waals surface area contributed by atoms with Crippen LogP contribution < -0.4 is 4.72 Å². The molecule has 1 aromatic carbocycles. The Labute approximate surface area is 140 Å². The van der Waals surface area contributed by atoms with Crippen molar-refractivity contribution in [3.8, 4) is 0 Å². The largest absolute Gasteiger partial charge is 0.379 e. The molecule has 0 aliphatic carbocycles. The zero-order chi connectivity index (χ0) is 17.2. The Balaban J connectivity index is 1.59. The molecule has 7 nitrogen and oxygen atoms in total. The topological polar surface area (TPSA) is 79.0 Å². The molecule has 0 unspecified atom stereocenters. The van der Waals surface area contributed by atoms with E-state index in [2.05, 4.69) is 4.72 Å². The van der Waals surface area contributed by atoms with Gasteiger partial charge >= 0.3 is 0 Å². The Morgan fingerprint density at radius 3 is 2.54 bits per heavy atom. The summed E-state index contributed by atoms with van der Waals surface area (Å²) in [7, 11) is -3.62. The lowest BCUT2D eigenvalue weighted by atomic mass is 10.2. The molecule has 1 amide bonds. The first-order chi connectivity index (χ1) is 11.4. The molecule has 0 saturated carbocycles. The summed E-state index contributed by atoms with van der Waals surface area (Å²) in [5.74, 6) is -0.448. The fraction of sp³-hybridized carbons (Fsp3) is 0.533. The van der Waals surface area contributed by atoms with E-state index in [9.17, 15) is 17.6 Å². The van der Waals surface area contributed by atoms with Gasteiger partial charge in [0.15, 0.2) is 0 Å². The standard InChI is InChI=1S/C15H20FN3O4S/c16-13-3-1-12(2-4-13)10-18-11-14(9-15(18)20)17-24(21,22)19-5-7-23-8-6-19/h1-4,14,17H,5-11H2/t14-/m0/s1. The molecular formula is C15H20FN3O4S. The van der Waals surface area contributed by atoms with E-state index in [1.807, 2.05) is 0 Å². The van der Waals surface area contributed by atoms with Crippen molar-refractivity contribution in [3.05, 3.63) is 35.6 Å². The third kappa shape index (κ3) is 4.10. The lowest BCUT2D eigenvalue weighted by molar-refractivity contribution is -0.128. The van der Waals surface area contributed by atoms with E-state index < -0.39 is 16.3 Å². The minimum absolute atomic E-state index is 0.117. The molecular weight excluding hydrogens is 337 g/mol.